The van der Waals surface area contributed by atoms with Gasteiger partial charge in [-0.2, -0.15) is 0 Å². The van der Waals surface area contributed by atoms with Crippen molar-refractivity contribution < 1.29 is 0 Å². The van der Waals surface area contributed by atoms with Crippen molar-refractivity contribution in [1.29, 1.82) is 0 Å². The van der Waals surface area contributed by atoms with E-state index < -0.39 is 0 Å². The van der Waals surface area contributed by atoms with Gasteiger partial charge in [-0.3, -0.25) is 0 Å². The average Bonchev–Trinajstić information content (AvgIpc) is 2.70. The molecule has 0 atom stereocenters. The minimum absolute atomic E-state index is 1.15. The minimum atomic E-state index is 1.15. The fraction of sp³-hybridized carbons (Fsp3) is 0.333. The van der Waals surface area contributed by atoms with Gasteiger partial charge < -0.3 is 0 Å². The number of allylic oxidation sites excluding steroid dienone is 6. The predicted molar refractivity (Wildman–Crippen MR) is 78.5 cm³/mol. The summed E-state index contributed by atoms with van der Waals surface area (Å²) >= 11 is 0. The number of hydrogen-bond acceptors (Lipinski definition) is 0. The summed E-state index contributed by atoms with van der Waals surface area (Å²) < 4.78 is 0. The molecule has 0 spiro atoms. The SMILES string of the molecule is CC1=CC2=C(C1)C(c1c(C)cccc1C)=CCC2. The highest BCUT2D eigenvalue weighted by molar-refractivity contribution is 5.86. The molecule has 3 rings (SSSR count). The number of aryl methyl sites for hydroxylation is 2. The Bertz CT molecular complexity index is 574. The molecule has 2 aliphatic rings. The Morgan fingerprint density at radius 3 is 2.44 bits per heavy atom. The van der Waals surface area contributed by atoms with Crippen molar-refractivity contribution in [3.8, 4) is 0 Å². The summed E-state index contributed by atoms with van der Waals surface area (Å²) in [6.07, 6.45) is 8.40. The van der Waals surface area contributed by atoms with Crippen LogP contribution < -0.4 is 0 Å². The quantitative estimate of drug-likeness (QED) is 0.634. The van der Waals surface area contributed by atoms with Crippen molar-refractivity contribution >= 4 is 5.57 Å². The molecule has 18 heavy (non-hydrogen) atoms. The molecule has 92 valence electrons. The van der Waals surface area contributed by atoms with Gasteiger partial charge in [-0.15, -0.1) is 0 Å². The standard InChI is InChI=1S/C18H20/c1-12-10-15-8-5-9-16(17(15)11-12)18-13(2)6-4-7-14(18)3/h4,6-7,9-10H,5,8,11H2,1-3H3. The van der Waals surface area contributed by atoms with Crippen molar-refractivity contribution in [2.45, 2.75) is 40.0 Å². The highest BCUT2D eigenvalue weighted by Gasteiger charge is 2.22. The van der Waals surface area contributed by atoms with Crippen LogP contribution in [0.5, 0.6) is 0 Å². The van der Waals surface area contributed by atoms with Crippen molar-refractivity contribution in [2.24, 2.45) is 0 Å². The van der Waals surface area contributed by atoms with Gasteiger partial charge in [-0.1, -0.05) is 35.9 Å². The molecule has 0 saturated heterocycles. The minimum Gasteiger partial charge on any atom is -0.0760 e. The van der Waals surface area contributed by atoms with E-state index in [1.165, 1.54) is 40.7 Å². The van der Waals surface area contributed by atoms with Gasteiger partial charge >= 0.3 is 0 Å². The van der Waals surface area contributed by atoms with Crippen molar-refractivity contribution in [2.75, 3.05) is 0 Å². The van der Waals surface area contributed by atoms with Gasteiger partial charge in [-0.05, 0) is 73.4 Å². The van der Waals surface area contributed by atoms with Crippen LogP contribution >= 0.6 is 0 Å². The monoisotopic (exact) mass is 236 g/mol. The largest absolute Gasteiger partial charge is 0.0760 e. The summed E-state index contributed by atoms with van der Waals surface area (Å²) in [6, 6.07) is 6.62. The van der Waals surface area contributed by atoms with Gasteiger partial charge in [0.1, 0.15) is 0 Å². The Morgan fingerprint density at radius 2 is 1.72 bits per heavy atom. The second kappa shape index (κ2) is 4.28. The van der Waals surface area contributed by atoms with Crippen molar-refractivity contribution in [3.05, 3.63) is 63.8 Å². The van der Waals surface area contributed by atoms with Crippen LogP contribution in [0.4, 0.5) is 0 Å². The molecule has 2 aliphatic carbocycles. The number of benzene rings is 1. The molecule has 0 saturated carbocycles. The van der Waals surface area contributed by atoms with Crippen LogP contribution in [0.1, 0.15) is 42.9 Å². The molecule has 0 fully saturated rings. The summed E-state index contributed by atoms with van der Waals surface area (Å²) in [7, 11) is 0. The van der Waals surface area contributed by atoms with Crippen LogP contribution in [-0.4, -0.2) is 0 Å². The summed E-state index contributed by atoms with van der Waals surface area (Å²) in [5.41, 5.74) is 10.4. The Morgan fingerprint density at radius 1 is 1.00 bits per heavy atom. The highest BCUT2D eigenvalue weighted by atomic mass is 14.3. The normalized spacial score (nSPS) is 18.6. The Labute approximate surface area is 110 Å². The second-order valence-corrected chi connectivity index (χ2v) is 5.59. The first-order valence-electron chi connectivity index (χ1n) is 6.83. The molecule has 0 radical (unpaired) electrons. The molecule has 0 aromatic heterocycles. The Kier molecular flexibility index (Phi) is 2.74. The van der Waals surface area contributed by atoms with Crippen LogP contribution in [0.15, 0.2) is 47.1 Å². The van der Waals surface area contributed by atoms with E-state index >= 15 is 0 Å². The predicted octanol–water partition coefficient (Wildman–Crippen LogP) is 5.13. The van der Waals surface area contributed by atoms with Gasteiger partial charge in [0, 0.05) is 0 Å². The molecule has 0 aliphatic heterocycles. The molecule has 0 heterocycles. The van der Waals surface area contributed by atoms with E-state index in [1.807, 2.05) is 0 Å². The lowest BCUT2D eigenvalue weighted by Gasteiger charge is -2.20. The van der Waals surface area contributed by atoms with Gasteiger partial charge in [0.25, 0.3) is 0 Å². The highest BCUT2D eigenvalue weighted by Crippen LogP contribution is 2.42. The lowest BCUT2D eigenvalue weighted by atomic mass is 9.84. The van der Waals surface area contributed by atoms with Gasteiger partial charge in [0.15, 0.2) is 0 Å². The van der Waals surface area contributed by atoms with E-state index in [2.05, 4.69) is 51.1 Å². The van der Waals surface area contributed by atoms with Crippen LogP contribution in [0.2, 0.25) is 0 Å². The third kappa shape index (κ3) is 1.77. The lowest BCUT2D eigenvalue weighted by molar-refractivity contribution is 0.976. The fourth-order valence-corrected chi connectivity index (χ4v) is 3.31. The smallest absolute Gasteiger partial charge is 0.00579 e. The van der Waals surface area contributed by atoms with Gasteiger partial charge in [-0.25, -0.2) is 0 Å². The molecule has 0 bridgehead atoms. The zero-order valence-corrected chi connectivity index (χ0v) is 11.5. The van der Waals surface area contributed by atoms with E-state index in [0.29, 0.717) is 0 Å². The van der Waals surface area contributed by atoms with Crippen molar-refractivity contribution in [1.82, 2.24) is 0 Å². The zero-order valence-electron chi connectivity index (χ0n) is 11.5. The maximum atomic E-state index is 2.45. The molecule has 1 aromatic carbocycles. The van der Waals surface area contributed by atoms with E-state index in [0.717, 1.165) is 6.42 Å². The number of rotatable bonds is 1. The summed E-state index contributed by atoms with van der Waals surface area (Å²) in [4.78, 5) is 0. The van der Waals surface area contributed by atoms with Crippen LogP contribution in [0, 0.1) is 13.8 Å². The second-order valence-electron chi connectivity index (χ2n) is 5.59. The van der Waals surface area contributed by atoms with Crippen LogP contribution in [0.3, 0.4) is 0 Å². The van der Waals surface area contributed by atoms with Gasteiger partial charge in [0.2, 0.25) is 0 Å². The molecule has 0 heteroatoms. The third-order valence-corrected chi connectivity index (χ3v) is 4.10. The summed E-state index contributed by atoms with van der Waals surface area (Å²) in [5, 5.41) is 0. The zero-order chi connectivity index (χ0) is 12.7. The fourth-order valence-electron chi connectivity index (χ4n) is 3.31. The van der Waals surface area contributed by atoms with Crippen LogP contribution in [0.25, 0.3) is 5.57 Å². The lowest BCUT2D eigenvalue weighted by Crippen LogP contribution is -2.01. The van der Waals surface area contributed by atoms with E-state index in [-0.39, 0.29) is 0 Å². The van der Waals surface area contributed by atoms with Crippen molar-refractivity contribution in [3.63, 3.8) is 0 Å². The molecule has 0 unspecified atom stereocenters. The first-order valence-corrected chi connectivity index (χ1v) is 6.83. The maximum absolute atomic E-state index is 2.45. The van der Waals surface area contributed by atoms with Gasteiger partial charge in [0.05, 0.1) is 0 Å². The summed E-state index contributed by atoms with van der Waals surface area (Å²) in [6.45, 7) is 6.71. The summed E-state index contributed by atoms with van der Waals surface area (Å²) in [5.74, 6) is 0. The van der Waals surface area contributed by atoms with E-state index in [1.54, 1.807) is 11.1 Å². The topological polar surface area (TPSA) is 0 Å². The Hall–Kier alpha value is -1.56. The average molecular weight is 236 g/mol. The molecular formula is C18H20. The molecule has 0 N–H and O–H groups in total. The van der Waals surface area contributed by atoms with E-state index in [9.17, 15) is 0 Å². The van der Waals surface area contributed by atoms with E-state index in [4.69, 9.17) is 0 Å². The first-order chi connectivity index (χ1) is 8.66. The molecule has 1 aromatic rings. The Balaban J connectivity index is 2.11. The molecule has 0 nitrogen and oxygen atoms in total. The molecular weight excluding hydrogens is 216 g/mol. The first kappa shape index (κ1) is 11.5. The third-order valence-electron chi connectivity index (χ3n) is 4.10. The van der Waals surface area contributed by atoms with Crippen LogP contribution in [-0.2, 0) is 0 Å². The number of hydrogen-bond donors (Lipinski definition) is 0. The maximum Gasteiger partial charge on any atom is -0.00579 e. The molecule has 0 amide bonds.